The number of thiophene rings is 1. The molecule has 118 valence electrons. The highest BCUT2D eigenvalue weighted by Crippen LogP contribution is 2.43. The van der Waals surface area contributed by atoms with E-state index in [2.05, 4.69) is 4.74 Å². The van der Waals surface area contributed by atoms with Gasteiger partial charge in [0, 0.05) is 19.3 Å². The Morgan fingerprint density at radius 3 is 2.57 bits per heavy atom. The summed E-state index contributed by atoms with van der Waals surface area (Å²) in [5.41, 5.74) is 4.87. The number of rotatable bonds is 3. The number of nitrogens with zero attached hydrogens (tertiary/aromatic N) is 1. The summed E-state index contributed by atoms with van der Waals surface area (Å²) >= 11 is 0.980. The highest BCUT2D eigenvalue weighted by Gasteiger charge is 2.37. The molecule has 0 aromatic carbocycles. The van der Waals surface area contributed by atoms with E-state index in [9.17, 15) is 18.3 Å². The minimum Gasteiger partial charge on any atom is -0.465 e. The normalized spacial score (nSPS) is 22.6. The van der Waals surface area contributed by atoms with Gasteiger partial charge in [0.15, 0.2) is 9.84 Å². The maximum absolute atomic E-state index is 12.0. The van der Waals surface area contributed by atoms with Crippen molar-refractivity contribution in [3.8, 4) is 0 Å². The van der Waals surface area contributed by atoms with Gasteiger partial charge >= 0.3 is 5.97 Å². The van der Waals surface area contributed by atoms with Gasteiger partial charge in [0.2, 0.25) is 0 Å². The zero-order valence-electron chi connectivity index (χ0n) is 12.0. The Hall–Kier alpha value is -1.32. The molecule has 2 heterocycles. The Morgan fingerprint density at radius 1 is 1.52 bits per heavy atom. The lowest BCUT2D eigenvalue weighted by atomic mass is 10.1. The quantitative estimate of drug-likeness (QED) is 0.774. The average Bonchev–Trinajstić information content (AvgIpc) is 2.87. The molecule has 0 spiro atoms. The summed E-state index contributed by atoms with van der Waals surface area (Å²) in [6.45, 7) is 2.47. The number of nitrogen functional groups attached to an aromatic ring is 1. The van der Waals surface area contributed by atoms with E-state index in [1.807, 2.05) is 0 Å². The van der Waals surface area contributed by atoms with Crippen LogP contribution in [0.15, 0.2) is 4.90 Å². The van der Waals surface area contributed by atoms with Gasteiger partial charge in [-0.2, -0.15) is 0 Å². The Bertz CT molecular complexity index is 678. The molecule has 1 aromatic heterocycles. The molecule has 0 bridgehead atoms. The third kappa shape index (κ3) is 2.99. The van der Waals surface area contributed by atoms with Crippen LogP contribution in [-0.2, 0) is 14.6 Å². The van der Waals surface area contributed by atoms with Crippen LogP contribution in [0.1, 0.15) is 23.0 Å². The SMILES string of the molecule is COC(=O)c1sc(N2CCC(C)(O)C2)c(S(C)(=O)=O)c1N. The smallest absolute Gasteiger partial charge is 0.350 e. The molecule has 1 unspecified atom stereocenters. The first-order valence-corrected chi connectivity index (χ1v) is 8.95. The van der Waals surface area contributed by atoms with E-state index >= 15 is 0 Å². The molecule has 1 fully saturated rings. The minimum atomic E-state index is -3.61. The Kier molecular flexibility index (Phi) is 3.94. The summed E-state index contributed by atoms with van der Waals surface area (Å²) in [5, 5.41) is 10.4. The number of nitrogens with two attached hydrogens (primary N) is 1. The van der Waals surface area contributed by atoms with Gasteiger partial charge in [-0.25, -0.2) is 13.2 Å². The molecule has 0 aliphatic carbocycles. The highest BCUT2D eigenvalue weighted by molar-refractivity contribution is 7.91. The molecule has 1 aliphatic rings. The van der Waals surface area contributed by atoms with Gasteiger partial charge in [0.25, 0.3) is 0 Å². The lowest BCUT2D eigenvalue weighted by Crippen LogP contribution is -2.29. The van der Waals surface area contributed by atoms with Gasteiger partial charge in [-0.3, -0.25) is 0 Å². The first-order chi connectivity index (χ1) is 9.57. The number of ether oxygens (including phenoxy) is 1. The Balaban J connectivity index is 2.58. The van der Waals surface area contributed by atoms with Gasteiger partial charge < -0.3 is 20.5 Å². The summed E-state index contributed by atoms with van der Waals surface area (Å²) in [5.74, 6) is -0.667. The molecule has 7 nitrogen and oxygen atoms in total. The van der Waals surface area contributed by atoms with Crippen LogP contribution >= 0.6 is 11.3 Å². The predicted molar refractivity (Wildman–Crippen MR) is 80.6 cm³/mol. The van der Waals surface area contributed by atoms with Crippen LogP contribution in [0.2, 0.25) is 0 Å². The number of β-amino-alcohol motifs (C(OH)–C–C–N with tert-alkyl or cyclic N) is 1. The second-order valence-corrected chi connectivity index (χ2v) is 8.36. The van der Waals surface area contributed by atoms with Crippen molar-refractivity contribution >= 4 is 37.8 Å². The fourth-order valence-electron chi connectivity index (χ4n) is 2.35. The van der Waals surface area contributed by atoms with E-state index in [4.69, 9.17) is 5.73 Å². The molecule has 3 N–H and O–H groups in total. The zero-order chi connectivity index (χ0) is 16.0. The first-order valence-electron chi connectivity index (χ1n) is 6.25. The summed E-state index contributed by atoms with van der Waals surface area (Å²) in [6.07, 6.45) is 1.56. The van der Waals surface area contributed by atoms with Gasteiger partial charge in [-0.05, 0) is 13.3 Å². The second-order valence-electron chi connectivity index (χ2n) is 5.41. The van der Waals surface area contributed by atoms with Crippen LogP contribution in [0.3, 0.4) is 0 Å². The number of hydrogen-bond acceptors (Lipinski definition) is 8. The molecule has 1 saturated heterocycles. The maximum atomic E-state index is 12.0. The molecule has 1 atom stereocenters. The molecule has 21 heavy (non-hydrogen) atoms. The molecular weight excluding hydrogens is 316 g/mol. The summed E-state index contributed by atoms with van der Waals surface area (Å²) in [4.78, 5) is 13.5. The van der Waals surface area contributed by atoms with Crippen molar-refractivity contribution in [2.24, 2.45) is 0 Å². The van der Waals surface area contributed by atoms with Crippen molar-refractivity contribution in [2.45, 2.75) is 23.8 Å². The lowest BCUT2D eigenvalue weighted by molar-refractivity contribution is 0.0607. The molecule has 2 rings (SSSR count). The van der Waals surface area contributed by atoms with E-state index in [1.54, 1.807) is 11.8 Å². The Labute approximate surface area is 127 Å². The topological polar surface area (TPSA) is 110 Å². The van der Waals surface area contributed by atoms with Crippen molar-refractivity contribution in [3.63, 3.8) is 0 Å². The first kappa shape index (κ1) is 16.1. The predicted octanol–water partition coefficient (Wildman–Crippen LogP) is 0.481. The number of anilines is 2. The van der Waals surface area contributed by atoms with Crippen molar-refractivity contribution in [2.75, 3.05) is 37.1 Å². The van der Waals surface area contributed by atoms with E-state index in [-0.39, 0.29) is 22.0 Å². The number of hydrogen-bond donors (Lipinski definition) is 2. The van der Waals surface area contributed by atoms with Gasteiger partial charge in [-0.1, -0.05) is 0 Å². The number of carbonyl (C=O) groups is 1. The molecule has 1 aromatic rings. The van der Waals surface area contributed by atoms with E-state index in [1.165, 1.54) is 7.11 Å². The highest BCUT2D eigenvalue weighted by atomic mass is 32.2. The van der Waals surface area contributed by atoms with Crippen LogP contribution in [-0.4, -0.2) is 51.5 Å². The summed E-state index contributed by atoms with van der Waals surface area (Å²) in [6, 6.07) is 0. The lowest BCUT2D eigenvalue weighted by Gasteiger charge is -2.20. The van der Waals surface area contributed by atoms with Crippen LogP contribution < -0.4 is 10.6 Å². The molecule has 0 saturated carbocycles. The number of carbonyl (C=O) groups excluding carboxylic acids is 1. The van der Waals surface area contributed by atoms with E-state index < -0.39 is 21.4 Å². The van der Waals surface area contributed by atoms with Crippen molar-refractivity contribution in [1.29, 1.82) is 0 Å². The van der Waals surface area contributed by atoms with E-state index in [0.717, 1.165) is 17.6 Å². The number of sulfone groups is 1. The van der Waals surface area contributed by atoms with Gasteiger partial charge in [0.05, 0.1) is 18.4 Å². The molecular formula is C12H18N2O5S2. The second kappa shape index (κ2) is 5.15. The van der Waals surface area contributed by atoms with E-state index in [0.29, 0.717) is 18.0 Å². The van der Waals surface area contributed by atoms with Crippen LogP contribution in [0, 0.1) is 0 Å². The minimum absolute atomic E-state index is 0.0643. The van der Waals surface area contributed by atoms with Crippen LogP contribution in [0.5, 0.6) is 0 Å². The molecule has 0 amide bonds. The van der Waals surface area contributed by atoms with Gasteiger partial charge in [-0.15, -0.1) is 11.3 Å². The number of esters is 1. The van der Waals surface area contributed by atoms with Crippen molar-refractivity contribution in [1.82, 2.24) is 0 Å². The number of aliphatic hydroxyl groups is 1. The number of methoxy groups -OCH3 is 1. The van der Waals surface area contributed by atoms with Gasteiger partial charge in [0.1, 0.15) is 14.8 Å². The average molecular weight is 334 g/mol. The summed E-state index contributed by atoms with van der Waals surface area (Å²) in [7, 11) is -2.40. The maximum Gasteiger partial charge on any atom is 0.350 e. The fraction of sp³-hybridized carbons (Fsp3) is 0.583. The monoisotopic (exact) mass is 334 g/mol. The zero-order valence-corrected chi connectivity index (χ0v) is 13.7. The van der Waals surface area contributed by atoms with Crippen LogP contribution in [0.4, 0.5) is 10.7 Å². The molecule has 0 radical (unpaired) electrons. The standard InChI is InChI=1S/C12H18N2O5S2/c1-12(16)4-5-14(6-12)10-9(21(3,17)18)7(13)8(20-10)11(15)19-2/h16H,4-6,13H2,1-3H3. The summed E-state index contributed by atoms with van der Waals surface area (Å²) < 4.78 is 28.6. The molecule has 1 aliphatic heterocycles. The van der Waals surface area contributed by atoms with Crippen molar-refractivity contribution < 1.29 is 23.1 Å². The Morgan fingerprint density at radius 2 is 2.14 bits per heavy atom. The molecule has 9 heteroatoms. The largest absolute Gasteiger partial charge is 0.465 e. The third-order valence-electron chi connectivity index (χ3n) is 3.36. The van der Waals surface area contributed by atoms with Crippen LogP contribution in [0.25, 0.3) is 0 Å². The third-order valence-corrected chi connectivity index (χ3v) is 5.89. The fourth-order valence-corrected chi connectivity index (χ4v) is 5.00. The van der Waals surface area contributed by atoms with Crippen molar-refractivity contribution in [3.05, 3.63) is 4.88 Å².